The number of esters is 1. The Morgan fingerprint density at radius 2 is 1.66 bits per heavy atom. The Kier molecular flexibility index (Phi) is 5.59. The molecule has 0 saturated heterocycles. The van der Waals surface area contributed by atoms with E-state index in [1.54, 1.807) is 67.6 Å². The van der Waals surface area contributed by atoms with E-state index in [9.17, 15) is 22.8 Å². The maximum atomic E-state index is 15.0. The largest absolute Gasteiger partial charge is 0.457 e. The van der Waals surface area contributed by atoms with Crippen LogP contribution < -0.4 is 10.2 Å². The molecular formula is C26H19F3N2O3S. The smallest absolute Gasteiger partial charge is 0.435 e. The lowest BCUT2D eigenvalue weighted by Crippen LogP contribution is -2.68. The molecule has 1 atom stereocenters. The third-order valence-electron chi connectivity index (χ3n) is 5.88. The van der Waals surface area contributed by atoms with Crippen molar-refractivity contribution in [3.8, 4) is 0 Å². The summed E-state index contributed by atoms with van der Waals surface area (Å²) in [6, 6.07) is 21.1. The quantitative estimate of drug-likeness (QED) is 0.387. The number of fused-ring (bicyclic) bond motifs is 3. The molecule has 0 aromatic heterocycles. The fourth-order valence-corrected chi connectivity index (χ4v) is 5.42. The van der Waals surface area contributed by atoms with Gasteiger partial charge in [0.2, 0.25) is 5.66 Å². The number of amides is 1. The number of rotatable bonds is 4. The zero-order valence-corrected chi connectivity index (χ0v) is 19.2. The van der Waals surface area contributed by atoms with Crippen LogP contribution in [0.2, 0.25) is 0 Å². The van der Waals surface area contributed by atoms with E-state index in [1.165, 1.54) is 18.2 Å². The summed E-state index contributed by atoms with van der Waals surface area (Å²) < 4.78 is 50.3. The number of carbonyl (C=O) groups is 2. The highest BCUT2D eigenvalue weighted by atomic mass is 32.2. The van der Waals surface area contributed by atoms with Crippen LogP contribution in [0.3, 0.4) is 0 Å². The summed E-state index contributed by atoms with van der Waals surface area (Å²) in [6.45, 7) is 1.64. The van der Waals surface area contributed by atoms with Gasteiger partial charge in [-0.1, -0.05) is 84.1 Å². The van der Waals surface area contributed by atoms with Crippen molar-refractivity contribution in [1.82, 2.24) is 5.32 Å². The zero-order chi connectivity index (χ0) is 24.8. The van der Waals surface area contributed by atoms with Gasteiger partial charge in [-0.2, -0.15) is 13.2 Å². The topological polar surface area (TPSA) is 58.6 Å². The molecule has 0 saturated carbocycles. The first-order valence-electron chi connectivity index (χ1n) is 10.7. The molecule has 5 nitrogen and oxygen atoms in total. The highest BCUT2D eigenvalue weighted by Gasteiger charge is 2.66. The van der Waals surface area contributed by atoms with Crippen molar-refractivity contribution in [2.24, 2.45) is 0 Å². The van der Waals surface area contributed by atoms with Crippen molar-refractivity contribution < 1.29 is 27.5 Å². The van der Waals surface area contributed by atoms with Crippen molar-refractivity contribution in [3.05, 3.63) is 106 Å². The predicted octanol–water partition coefficient (Wildman–Crippen LogP) is 5.41. The summed E-state index contributed by atoms with van der Waals surface area (Å²) in [7, 11) is 0. The van der Waals surface area contributed by atoms with E-state index in [-0.39, 0.29) is 22.9 Å². The Morgan fingerprint density at radius 1 is 1.00 bits per heavy atom. The Hall–Kier alpha value is -3.72. The number of carbonyl (C=O) groups excluding carboxylic acids is 2. The summed E-state index contributed by atoms with van der Waals surface area (Å²) in [5.74, 6) is -2.14. The molecule has 178 valence electrons. The summed E-state index contributed by atoms with van der Waals surface area (Å²) in [5, 5.41) is 2.02. The summed E-state index contributed by atoms with van der Waals surface area (Å²) >= 11 is 0.942. The molecule has 2 aliphatic heterocycles. The molecule has 9 heteroatoms. The van der Waals surface area contributed by atoms with Crippen LogP contribution in [0.25, 0.3) is 0 Å². The van der Waals surface area contributed by atoms with Crippen molar-refractivity contribution >= 4 is 29.3 Å². The van der Waals surface area contributed by atoms with Gasteiger partial charge in [-0.05, 0) is 24.6 Å². The number of aryl methyl sites for hydroxylation is 1. The number of para-hydroxylation sites is 1. The number of hydrogen-bond acceptors (Lipinski definition) is 5. The van der Waals surface area contributed by atoms with Crippen molar-refractivity contribution in [3.63, 3.8) is 0 Å². The van der Waals surface area contributed by atoms with Gasteiger partial charge in [0.15, 0.2) is 5.57 Å². The molecule has 1 N–H and O–H groups in total. The third-order valence-corrected chi connectivity index (χ3v) is 7.03. The molecule has 0 radical (unpaired) electrons. The highest BCUT2D eigenvalue weighted by Crippen LogP contribution is 2.57. The van der Waals surface area contributed by atoms with Gasteiger partial charge in [-0.25, -0.2) is 4.79 Å². The van der Waals surface area contributed by atoms with Gasteiger partial charge < -0.3 is 10.1 Å². The first-order valence-corrected chi connectivity index (χ1v) is 11.5. The zero-order valence-electron chi connectivity index (χ0n) is 18.4. The molecule has 0 bridgehead atoms. The second-order valence-electron chi connectivity index (χ2n) is 8.18. The molecule has 1 amide bonds. The molecule has 0 spiro atoms. The van der Waals surface area contributed by atoms with E-state index in [0.717, 1.165) is 22.2 Å². The maximum Gasteiger partial charge on any atom is 0.435 e. The molecule has 2 heterocycles. The van der Waals surface area contributed by atoms with Gasteiger partial charge in [0.25, 0.3) is 5.91 Å². The Labute approximate surface area is 203 Å². The molecule has 0 aliphatic carbocycles. The van der Waals surface area contributed by atoms with Gasteiger partial charge in [0, 0.05) is 10.5 Å². The van der Waals surface area contributed by atoms with E-state index in [2.05, 4.69) is 5.32 Å². The Balaban J connectivity index is 1.66. The number of halogens is 3. The number of anilines is 1. The fourth-order valence-electron chi connectivity index (χ4n) is 4.20. The molecule has 0 unspecified atom stereocenters. The first kappa shape index (κ1) is 23.0. The van der Waals surface area contributed by atoms with Crippen LogP contribution in [0.15, 0.2) is 94.4 Å². The van der Waals surface area contributed by atoms with Gasteiger partial charge in [0.05, 0.1) is 5.69 Å². The molecule has 3 aromatic carbocycles. The summed E-state index contributed by atoms with van der Waals surface area (Å²) in [5.41, 5.74) is -1.85. The van der Waals surface area contributed by atoms with Crippen LogP contribution in [0.5, 0.6) is 0 Å². The summed E-state index contributed by atoms with van der Waals surface area (Å²) in [4.78, 5) is 27.8. The molecule has 0 fully saturated rings. The van der Waals surface area contributed by atoms with E-state index in [1.807, 2.05) is 0 Å². The van der Waals surface area contributed by atoms with Gasteiger partial charge >= 0.3 is 12.1 Å². The number of ether oxygens (including phenoxy) is 1. The van der Waals surface area contributed by atoms with E-state index >= 15 is 0 Å². The number of thioether (sulfide) groups is 1. The van der Waals surface area contributed by atoms with Crippen molar-refractivity contribution in [2.45, 2.75) is 30.3 Å². The van der Waals surface area contributed by atoms with Crippen molar-refractivity contribution in [1.29, 1.82) is 0 Å². The number of nitrogens with one attached hydrogen (secondary N) is 1. The predicted molar refractivity (Wildman–Crippen MR) is 125 cm³/mol. The average molecular weight is 497 g/mol. The lowest BCUT2D eigenvalue weighted by Gasteiger charge is -2.47. The summed E-state index contributed by atoms with van der Waals surface area (Å²) in [6.07, 6.45) is -4.93. The third kappa shape index (κ3) is 3.76. The fraction of sp³-hybridized carbons (Fsp3) is 0.154. The first-order chi connectivity index (χ1) is 16.7. The van der Waals surface area contributed by atoms with Gasteiger partial charge in [-0.15, -0.1) is 0 Å². The van der Waals surface area contributed by atoms with E-state index in [0.29, 0.717) is 10.5 Å². The van der Waals surface area contributed by atoms with Crippen LogP contribution in [-0.2, 0) is 26.6 Å². The number of nitrogens with zero attached hydrogens (tertiary/aromatic N) is 1. The second-order valence-corrected chi connectivity index (χ2v) is 9.21. The molecule has 3 aromatic rings. The molecular weight excluding hydrogens is 477 g/mol. The van der Waals surface area contributed by atoms with E-state index < -0.39 is 29.3 Å². The van der Waals surface area contributed by atoms with Gasteiger partial charge in [0.1, 0.15) is 11.6 Å². The minimum atomic E-state index is -4.93. The van der Waals surface area contributed by atoms with Crippen LogP contribution in [0.4, 0.5) is 18.9 Å². The number of benzene rings is 3. The van der Waals surface area contributed by atoms with Gasteiger partial charge in [-0.3, -0.25) is 9.69 Å². The van der Waals surface area contributed by atoms with Crippen molar-refractivity contribution in [2.75, 3.05) is 4.90 Å². The van der Waals surface area contributed by atoms with Crippen LogP contribution >= 0.6 is 11.8 Å². The maximum absolute atomic E-state index is 15.0. The number of hydrogen-bond donors (Lipinski definition) is 1. The lowest BCUT2D eigenvalue weighted by atomic mass is 9.92. The molecule has 5 rings (SSSR count). The minimum Gasteiger partial charge on any atom is -0.457 e. The Bertz CT molecular complexity index is 1340. The standard InChI is InChI=1S/C26H19F3N2O3S/c1-16-11-13-18(14-12-16)25(26(27,28)29)30-22(32)21(24(33)34-15-17-7-3-2-4-8-17)23-31(25)19-9-5-6-10-20(19)35-23/h2-14H,15H2,1H3,(H,30,32)/t25-/m1/s1. The monoisotopic (exact) mass is 496 g/mol. The van der Waals surface area contributed by atoms with Crippen LogP contribution in [0.1, 0.15) is 16.7 Å². The average Bonchev–Trinajstić information content (AvgIpc) is 3.22. The number of alkyl halides is 3. The van der Waals surface area contributed by atoms with E-state index in [4.69, 9.17) is 4.74 Å². The SMILES string of the molecule is Cc1ccc([C@@]2(C(F)(F)F)NC(=O)C(C(=O)OCc3ccccc3)=C3Sc4ccccc4N32)cc1. The highest BCUT2D eigenvalue weighted by molar-refractivity contribution is 8.03. The molecule has 2 aliphatic rings. The minimum absolute atomic E-state index is 0.120. The normalized spacial score (nSPS) is 19.2. The lowest BCUT2D eigenvalue weighted by molar-refractivity contribution is -0.202. The Morgan fingerprint density at radius 3 is 2.34 bits per heavy atom. The second kappa shape index (κ2) is 8.49. The van der Waals surface area contributed by atoms with Crippen LogP contribution in [0, 0.1) is 6.92 Å². The van der Waals surface area contributed by atoms with Crippen LogP contribution in [-0.4, -0.2) is 18.1 Å². The molecule has 35 heavy (non-hydrogen) atoms.